The second-order valence-electron chi connectivity index (χ2n) is 6.57. The van der Waals surface area contributed by atoms with Crippen LogP contribution in [-0.4, -0.2) is 35.1 Å². The third-order valence-corrected chi connectivity index (χ3v) is 4.58. The minimum Gasteiger partial charge on any atom is -0.493 e. The number of unbranched alkanes of at least 4 members (excludes halogenated alkanes) is 1. The van der Waals surface area contributed by atoms with Gasteiger partial charge >= 0.3 is 5.82 Å². The second-order valence-corrected chi connectivity index (χ2v) is 6.57. The summed E-state index contributed by atoms with van der Waals surface area (Å²) in [5.41, 5.74) is 1.07. The van der Waals surface area contributed by atoms with Crippen LogP contribution >= 0.6 is 0 Å². The molecule has 1 aromatic heterocycles. The van der Waals surface area contributed by atoms with E-state index in [-0.39, 0.29) is 17.5 Å². The largest absolute Gasteiger partial charge is 0.493 e. The number of benzene rings is 1. The van der Waals surface area contributed by atoms with E-state index in [2.05, 4.69) is 4.98 Å². The number of fused-ring (bicyclic) bond motifs is 1. The zero-order chi connectivity index (χ0) is 20.1. The van der Waals surface area contributed by atoms with Crippen molar-refractivity contribution in [1.29, 1.82) is 0 Å². The van der Waals surface area contributed by atoms with E-state index in [0.29, 0.717) is 31.7 Å². The number of ether oxygens (including phenoxy) is 2. The molecule has 8 nitrogen and oxygen atoms in total. The van der Waals surface area contributed by atoms with Crippen LogP contribution in [0.25, 0.3) is 0 Å². The van der Waals surface area contributed by atoms with Gasteiger partial charge in [-0.15, -0.1) is 0 Å². The molecule has 1 aliphatic rings. The first-order chi connectivity index (χ1) is 13.5. The molecule has 0 spiro atoms. The van der Waals surface area contributed by atoms with Crippen LogP contribution in [0.3, 0.4) is 0 Å². The minimum absolute atomic E-state index is 0.212. The van der Waals surface area contributed by atoms with Crippen LogP contribution in [0.5, 0.6) is 11.5 Å². The molecule has 0 fully saturated rings. The summed E-state index contributed by atoms with van der Waals surface area (Å²) < 4.78 is 11.4. The quantitative estimate of drug-likeness (QED) is 0.391. The molecular weight excluding hydrogens is 362 g/mol. The topological polar surface area (TPSA) is 94.8 Å². The maximum Gasteiger partial charge on any atom is 0.366 e. The van der Waals surface area contributed by atoms with E-state index in [1.54, 1.807) is 0 Å². The number of rotatable bonds is 8. The Morgan fingerprint density at radius 2 is 2.04 bits per heavy atom. The molecule has 0 N–H and O–H groups in total. The Bertz CT molecular complexity index is 871. The molecule has 2 heterocycles. The number of nitro groups is 1. The molecule has 0 saturated heterocycles. The summed E-state index contributed by atoms with van der Waals surface area (Å²) in [5, 5.41) is 11.0. The third-order valence-electron chi connectivity index (χ3n) is 4.58. The van der Waals surface area contributed by atoms with Crippen LogP contribution in [0.1, 0.15) is 31.7 Å². The molecule has 0 bridgehead atoms. The van der Waals surface area contributed by atoms with Crippen molar-refractivity contribution in [1.82, 2.24) is 4.98 Å². The van der Waals surface area contributed by atoms with Crippen molar-refractivity contribution < 1.29 is 19.2 Å². The highest BCUT2D eigenvalue weighted by atomic mass is 16.6. The monoisotopic (exact) mass is 385 g/mol. The highest BCUT2D eigenvalue weighted by Gasteiger charge is 2.37. The Kier molecular flexibility index (Phi) is 6.08. The Morgan fingerprint density at radius 3 is 2.75 bits per heavy atom. The number of para-hydroxylation sites is 1. The lowest BCUT2D eigenvalue weighted by Crippen LogP contribution is -2.46. The molecule has 148 valence electrons. The Labute approximate surface area is 163 Å². The number of hydrogen-bond donors (Lipinski definition) is 0. The third kappa shape index (κ3) is 4.21. The van der Waals surface area contributed by atoms with Crippen LogP contribution in [-0.2, 0) is 4.79 Å². The summed E-state index contributed by atoms with van der Waals surface area (Å²) in [6.07, 6.45) is 1.33. The van der Waals surface area contributed by atoms with Crippen LogP contribution in [0.4, 0.5) is 11.6 Å². The Balaban J connectivity index is 1.65. The number of aryl methyl sites for hydroxylation is 1. The predicted molar refractivity (Wildman–Crippen MR) is 104 cm³/mol. The zero-order valence-corrected chi connectivity index (χ0v) is 16.0. The van der Waals surface area contributed by atoms with E-state index in [1.807, 2.05) is 38.1 Å². The number of amides is 1. The molecule has 0 saturated carbocycles. The number of anilines is 1. The summed E-state index contributed by atoms with van der Waals surface area (Å²) in [6.45, 7) is 4.77. The van der Waals surface area contributed by atoms with Crippen LogP contribution < -0.4 is 14.4 Å². The molecule has 8 heteroatoms. The van der Waals surface area contributed by atoms with E-state index in [0.717, 1.165) is 17.7 Å². The number of carbonyl (C=O) groups excluding carboxylic acids is 1. The highest BCUT2D eigenvalue weighted by Crippen LogP contribution is 2.34. The number of pyridine rings is 1. The summed E-state index contributed by atoms with van der Waals surface area (Å²) in [6, 6.07) is 10.6. The summed E-state index contributed by atoms with van der Waals surface area (Å²) in [7, 11) is 0. The fourth-order valence-corrected chi connectivity index (χ4v) is 3.04. The molecule has 28 heavy (non-hydrogen) atoms. The van der Waals surface area contributed by atoms with Crippen molar-refractivity contribution in [2.75, 3.05) is 18.1 Å². The van der Waals surface area contributed by atoms with Gasteiger partial charge in [-0.2, -0.15) is 0 Å². The summed E-state index contributed by atoms with van der Waals surface area (Å²) in [4.78, 5) is 28.7. The first kappa shape index (κ1) is 19.6. The molecule has 1 atom stereocenters. The molecule has 1 amide bonds. The molecule has 1 aromatic carbocycles. The summed E-state index contributed by atoms with van der Waals surface area (Å²) in [5.74, 6) is 0.927. The van der Waals surface area contributed by atoms with Gasteiger partial charge in [-0.3, -0.25) is 9.69 Å². The average molecular weight is 385 g/mol. The Morgan fingerprint density at radius 1 is 1.25 bits per heavy atom. The molecule has 0 radical (unpaired) electrons. The van der Waals surface area contributed by atoms with Gasteiger partial charge in [0.2, 0.25) is 0 Å². The fourth-order valence-electron chi connectivity index (χ4n) is 3.04. The second kappa shape index (κ2) is 8.69. The van der Waals surface area contributed by atoms with Gasteiger partial charge in [-0.05, 0) is 53.8 Å². The van der Waals surface area contributed by atoms with E-state index in [9.17, 15) is 14.9 Å². The molecule has 1 aliphatic heterocycles. The van der Waals surface area contributed by atoms with Crippen molar-refractivity contribution >= 4 is 17.5 Å². The van der Waals surface area contributed by atoms with Crippen molar-refractivity contribution in [3.63, 3.8) is 0 Å². The van der Waals surface area contributed by atoms with Gasteiger partial charge in [-0.25, -0.2) is 0 Å². The lowest BCUT2D eigenvalue weighted by molar-refractivity contribution is -0.389. The van der Waals surface area contributed by atoms with Crippen LogP contribution in [0.15, 0.2) is 36.4 Å². The lowest BCUT2D eigenvalue weighted by atomic mass is 10.1. The van der Waals surface area contributed by atoms with Gasteiger partial charge in [0.15, 0.2) is 11.9 Å². The van der Waals surface area contributed by atoms with Crippen LogP contribution in [0.2, 0.25) is 0 Å². The highest BCUT2D eigenvalue weighted by molar-refractivity contribution is 5.99. The maximum absolute atomic E-state index is 12.7. The van der Waals surface area contributed by atoms with Crippen molar-refractivity contribution in [2.45, 2.75) is 39.2 Å². The van der Waals surface area contributed by atoms with Crippen molar-refractivity contribution in [2.24, 2.45) is 0 Å². The van der Waals surface area contributed by atoms with E-state index in [1.165, 1.54) is 17.0 Å². The van der Waals surface area contributed by atoms with Gasteiger partial charge < -0.3 is 19.6 Å². The van der Waals surface area contributed by atoms with Gasteiger partial charge in [0, 0.05) is 12.6 Å². The fraction of sp³-hybridized carbons (Fsp3) is 0.400. The predicted octanol–water partition coefficient (Wildman–Crippen LogP) is 3.66. The Hall–Kier alpha value is -3.16. The van der Waals surface area contributed by atoms with Crippen molar-refractivity contribution in [3.05, 3.63) is 52.1 Å². The van der Waals surface area contributed by atoms with Crippen molar-refractivity contribution in [3.8, 4) is 11.5 Å². The van der Waals surface area contributed by atoms with E-state index >= 15 is 0 Å². The molecular formula is C20H23N3O5. The standard InChI is InChI=1S/C20H23N3O5/c1-3-15-20(24)22(19-17(28-15)10-11-18(21-19)23(25)26)12-6-7-13-27-16-9-5-4-8-14(16)2/h4-5,8-11,15H,3,6-7,12-13H2,1-2H3. The number of hydrogen-bond acceptors (Lipinski definition) is 6. The normalized spacial score (nSPS) is 15.7. The number of nitrogens with zero attached hydrogens (tertiary/aromatic N) is 3. The smallest absolute Gasteiger partial charge is 0.366 e. The maximum atomic E-state index is 12.7. The van der Waals surface area contributed by atoms with Crippen LogP contribution in [0, 0.1) is 17.0 Å². The van der Waals surface area contributed by atoms with Gasteiger partial charge in [0.05, 0.1) is 6.61 Å². The lowest BCUT2D eigenvalue weighted by Gasteiger charge is -2.30. The molecule has 0 aliphatic carbocycles. The summed E-state index contributed by atoms with van der Waals surface area (Å²) >= 11 is 0. The minimum atomic E-state index is -0.598. The number of aromatic nitrogens is 1. The van der Waals surface area contributed by atoms with Gasteiger partial charge in [-0.1, -0.05) is 25.1 Å². The molecule has 3 rings (SSSR count). The van der Waals surface area contributed by atoms with E-state index < -0.39 is 11.0 Å². The average Bonchev–Trinajstić information content (AvgIpc) is 2.69. The zero-order valence-electron chi connectivity index (χ0n) is 16.0. The molecule has 2 aromatic rings. The van der Waals surface area contributed by atoms with E-state index in [4.69, 9.17) is 9.47 Å². The van der Waals surface area contributed by atoms with Gasteiger partial charge in [0.25, 0.3) is 11.7 Å². The molecule has 1 unspecified atom stereocenters. The first-order valence-corrected chi connectivity index (χ1v) is 9.33. The SMILES string of the molecule is CCC1Oc2ccc([N+](=O)[O-])nc2N(CCCCOc2ccccc2C)C1=O. The van der Waals surface area contributed by atoms with Gasteiger partial charge in [0.1, 0.15) is 5.75 Å². The first-order valence-electron chi connectivity index (χ1n) is 9.33. The number of carbonyl (C=O) groups is 1.